The van der Waals surface area contributed by atoms with Crippen LogP contribution in [-0.4, -0.2) is 25.0 Å². The smallest absolute Gasteiger partial charge is 0.244 e. The molecule has 2 rings (SSSR count). The fourth-order valence-corrected chi connectivity index (χ4v) is 2.19. The zero-order valence-corrected chi connectivity index (χ0v) is 10.7. The summed E-state index contributed by atoms with van der Waals surface area (Å²) in [6, 6.07) is 8.24. The molecule has 1 fully saturated rings. The maximum absolute atomic E-state index is 11.9. The van der Waals surface area contributed by atoms with E-state index in [0.29, 0.717) is 25.2 Å². The number of amides is 2. The summed E-state index contributed by atoms with van der Waals surface area (Å²) >= 11 is 0. The van der Waals surface area contributed by atoms with Gasteiger partial charge in [0.25, 0.3) is 0 Å². The summed E-state index contributed by atoms with van der Waals surface area (Å²) < 4.78 is 5.22. The lowest BCUT2D eigenvalue weighted by Crippen LogP contribution is -2.38. The number of carbonyl (C=O) groups excluding carboxylic acids is 2. The van der Waals surface area contributed by atoms with Crippen LogP contribution < -0.4 is 11.1 Å². The van der Waals surface area contributed by atoms with Crippen LogP contribution in [0.3, 0.4) is 0 Å². The monoisotopic (exact) mass is 262 g/mol. The highest BCUT2D eigenvalue weighted by Gasteiger charge is 2.23. The molecule has 2 unspecified atom stereocenters. The minimum absolute atomic E-state index is 0.164. The van der Waals surface area contributed by atoms with Gasteiger partial charge in [0.15, 0.2) is 0 Å². The van der Waals surface area contributed by atoms with Crippen LogP contribution in [0.15, 0.2) is 30.3 Å². The van der Waals surface area contributed by atoms with E-state index in [4.69, 9.17) is 10.5 Å². The van der Waals surface area contributed by atoms with Crippen molar-refractivity contribution in [2.45, 2.75) is 18.9 Å². The van der Waals surface area contributed by atoms with Crippen molar-refractivity contribution in [3.05, 3.63) is 35.9 Å². The number of rotatable bonds is 5. The minimum atomic E-state index is -0.768. The van der Waals surface area contributed by atoms with Gasteiger partial charge in [-0.15, -0.1) is 0 Å². The van der Waals surface area contributed by atoms with Crippen LogP contribution in [0.25, 0.3) is 0 Å². The quantitative estimate of drug-likeness (QED) is 0.821. The summed E-state index contributed by atoms with van der Waals surface area (Å²) in [5.41, 5.74) is 6.05. The van der Waals surface area contributed by atoms with Gasteiger partial charge in [-0.25, -0.2) is 0 Å². The van der Waals surface area contributed by atoms with Crippen LogP contribution in [0.1, 0.15) is 24.4 Å². The van der Waals surface area contributed by atoms with E-state index in [-0.39, 0.29) is 11.8 Å². The summed E-state index contributed by atoms with van der Waals surface area (Å²) in [7, 11) is 0. The molecule has 0 aromatic heterocycles. The highest BCUT2D eigenvalue weighted by atomic mass is 16.5. The lowest BCUT2D eigenvalue weighted by molar-refractivity contribution is -0.128. The summed E-state index contributed by atoms with van der Waals surface area (Å²) in [6.45, 7) is 1.32. The van der Waals surface area contributed by atoms with E-state index in [1.54, 1.807) is 12.1 Å². The minimum Gasteiger partial charge on any atom is -0.381 e. The van der Waals surface area contributed by atoms with E-state index in [2.05, 4.69) is 5.32 Å². The van der Waals surface area contributed by atoms with Gasteiger partial charge in [0, 0.05) is 19.6 Å². The van der Waals surface area contributed by atoms with Crippen molar-refractivity contribution in [3.8, 4) is 0 Å². The van der Waals surface area contributed by atoms with Crippen LogP contribution in [0.2, 0.25) is 0 Å². The van der Waals surface area contributed by atoms with Gasteiger partial charge in [0.1, 0.15) is 6.04 Å². The van der Waals surface area contributed by atoms with Gasteiger partial charge >= 0.3 is 0 Å². The predicted octanol–water partition coefficient (Wildman–Crippen LogP) is 0.756. The van der Waals surface area contributed by atoms with Crippen molar-refractivity contribution >= 4 is 11.8 Å². The van der Waals surface area contributed by atoms with Gasteiger partial charge < -0.3 is 15.8 Å². The van der Waals surface area contributed by atoms with Gasteiger partial charge in [-0.3, -0.25) is 9.59 Å². The second kappa shape index (κ2) is 6.33. The first-order valence-electron chi connectivity index (χ1n) is 6.38. The predicted molar refractivity (Wildman–Crippen MR) is 70.1 cm³/mol. The molecule has 0 aliphatic carbocycles. The topological polar surface area (TPSA) is 81.4 Å². The molecule has 1 saturated heterocycles. The zero-order valence-electron chi connectivity index (χ0n) is 10.7. The molecule has 1 aliphatic rings. The van der Waals surface area contributed by atoms with Crippen molar-refractivity contribution in [2.75, 3.05) is 13.2 Å². The maximum Gasteiger partial charge on any atom is 0.244 e. The Morgan fingerprint density at radius 2 is 2.11 bits per heavy atom. The molecule has 0 spiro atoms. The Bertz CT molecular complexity index is 441. The molecule has 1 aliphatic heterocycles. The first-order chi connectivity index (χ1) is 9.16. The van der Waals surface area contributed by atoms with E-state index in [1.165, 1.54) is 0 Å². The molecule has 2 amide bonds. The molecular weight excluding hydrogens is 244 g/mol. The number of hydrogen-bond acceptors (Lipinski definition) is 3. The van der Waals surface area contributed by atoms with E-state index < -0.39 is 11.9 Å². The lowest BCUT2D eigenvalue weighted by atomic mass is 10.0. The molecular formula is C14H18N2O3. The number of nitrogens with one attached hydrogen (secondary N) is 1. The lowest BCUT2D eigenvalue weighted by Gasteiger charge is -2.17. The summed E-state index contributed by atoms with van der Waals surface area (Å²) in [4.78, 5) is 23.4. The van der Waals surface area contributed by atoms with E-state index >= 15 is 0 Å². The first-order valence-corrected chi connectivity index (χ1v) is 6.38. The molecule has 2 atom stereocenters. The number of carbonyl (C=O) groups is 2. The Hall–Kier alpha value is -1.88. The fourth-order valence-electron chi connectivity index (χ4n) is 2.19. The summed E-state index contributed by atoms with van der Waals surface area (Å²) in [5.74, 6) is -0.477. The van der Waals surface area contributed by atoms with E-state index in [0.717, 1.165) is 6.42 Å². The van der Waals surface area contributed by atoms with Crippen molar-refractivity contribution in [1.29, 1.82) is 0 Å². The average molecular weight is 262 g/mol. The second-order valence-corrected chi connectivity index (χ2v) is 4.75. The van der Waals surface area contributed by atoms with Gasteiger partial charge in [0.05, 0.1) is 0 Å². The SMILES string of the molecule is NC(=O)C(NC(=O)CC1CCOC1)c1ccccc1. The van der Waals surface area contributed by atoms with Gasteiger partial charge in [-0.1, -0.05) is 30.3 Å². The molecule has 3 N–H and O–H groups in total. The van der Waals surface area contributed by atoms with Crippen LogP contribution in [0.5, 0.6) is 0 Å². The molecule has 102 valence electrons. The highest BCUT2D eigenvalue weighted by Crippen LogP contribution is 2.17. The van der Waals surface area contributed by atoms with Crippen LogP contribution >= 0.6 is 0 Å². The van der Waals surface area contributed by atoms with Gasteiger partial charge in [-0.2, -0.15) is 0 Å². The third-order valence-corrected chi connectivity index (χ3v) is 3.22. The average Bonchev–Trinajstić information content (AvgIpc) is 2.89. The van der Waals surface area contributed by atoms with Crippen LogP contribution in [0.4, 0.5) is 0 Å². The molecule has 5 nitrogen and oxygen atoms in total. The molecule has 0 bridgehead atoms. The summed E-state index contributed by atoms with van der Waals surface area (Å²) in [6.07, 6.45) is 1.26. The summed E-state index contributed by atoms with van der Waals surface area (Å²) in [5, 5.41) is 2.69. The molecule has 1 heterocycles. The Labute approximate surface area is 112 Å². The molecule has 1 aromatic carbocycles. The van der Waals surface area contributed by atoms with E-state index in [9.17, 15) is 9.59 Å². The Morgan fingerprint density at radius 1 is 1.37 bits per heavy atom. The Balaban J connectivity index is 1.97. The fraction of sp³-hybridized carbons (Fsp3) is 0.429. The van der Waals surface area contributed by atoms with Gasteiger partial charge in [0.2, 0.25) is 11.8 Å². The van der Waals surface area contributed by atoms with Crippen molar-refractivity contribution in [2.24, 2.45) is 11.7 Å². The normalized spacial score (nSPS) is 19.9. The largest absolute Gasteiger partial charge is 0.381 e. The third-order valence-electron chi connectivity index (χ3n) is 3.22. The second-order valence-electron chi connectivity index (χ2n) is 4.75. The molecule has 0 saturated carbocycles. The number of benzene rings is 1. The van der Waals surface area contributed by atoms with Crippen molar-refractivity contribution < 1.29 is 14.3 Å². The number of hydrogen-bond donors (Lipinski definition) is 2. The standard InChI is InChI=1S/C14H18N2O3/c15-14(18)13(11-4-2-1-3-5-11)16-12(17)8-10-6-7-19-9-10/h1-5,10,13H,6-9H2,(H2,15,18)(H,16,17). The number of ether oxygens (including phenoxy) is 1. The molecule has 0 radical (unpaired) electrons. The van der Waals surface area contributed by atoms with Crippen LogP contribution in [-0.2, 0) is 14.3 Å². The number of nitrogens with two attached hydrogens (primary N) is 1. The Morgan fingerprint density at radius 3 is 2.68 bits per heavy atom. The van der Waals surface area contributed by atoms with E-state index in [1.807, 2.05) is 18.2 Å². The van der Waals surface area contributed by atoms with Crippen LogP contribution in [0, 0.1) is 5.92 Å². The first kappa shape index (κ1) is 13.5. The Kier molecular flexibility index (Phi) is 4.52. The zero-order chi connectivity index (χ0) is 13.7. The van der Waals surface area contributed by atoms with Crippen molar-refractivity contribution in [1.82, 2.24) is 5.32 Å². The van der Waals surface area contributed by atoms with Gasteiger partial charge in [-0.05, 0) is 17.9 Å². The molecule has 19 heavy (non-hydrogen) atoms. The highest BCUT2D eigenvalue weighted by molar-refractivity contribution is 5.87. The third kappa shape index (κ3) is 3.79. The molecule has 1 aromatic rings. The van der Waals surface area contributed by atoms with Crippen molar-refractivity contribution in [3.63, 3.8) is 0 Å². The maximum atomic E-state index is 11.9. The number of primary amides is 1. The molecule has 5 heteroatoms.